The van der Waals surface area contributed by atoms with Crippen LogP contribution in [0.4, 0.5) is 0 Å². The first-order valence-electron chi connectivity index (χ1n) is 5.41. The molecular formula is C11H19N3. The quantitative estimate of drug-likeness (QED) is 0.794. The molecule has 0 atom stereocenters. The van der Waals surface area contributed by atoms with Crippen LogP contribution in [0.25, 0.3) is 0 Å². The van der Waals surface area contributed by atoms with Gasteiger partial charge in [0.25, 0.3) is 0 Å². The Hall–Kier alpha value is -0.830. The van der Waals surface area contributed by atoms with Crippen LogP contribution in [0.1, 0.15) is 38.2 Å². The maximum Gasteiger partial charge on any atom is 0.0534 e. The molecule has 0 amide bonds. The summed E-state index contributed by atoms with van der Waals surface area (Å²) in [5, 5.41) is 7.80. The van der Waals surface area contributed by atoms with Crippen LogP contribution in [0.3, 0.4) is 0 Å². The Morgan fingerprint density at radius 3 is 2.79 bits per heavy atom. The lowest BCUT2D eigenvalue weighted by Gasteiger charge is -2.24. The Balaban J connectivity index is 1.87. The summed E-state index contributed by atoms with van der Waals surface area (Å²) in [5.41, 5.74) is 1.65. The lowest BCUT2D eigenvalue weighted by Crippen LogP contribution is -2.38. The largest absolute Gasteiger partial charge is 0.307 e. The second-order valence-corrected chi connectivity index (χ2v) is 4.64. The average molecular weight is 193 g/mol. The number of rotatable bonds is 3. The van der Waals surface area contributed by atoms with Crippen molar-refractivity contribution in [3.63, 3.8) is 0 Å². The first-order chi connectivity index (χ1) is 6.68. The van der Waals surface area contributed by atoms with Crippen molar-refractivity contribution >= 4 is 0 Å². The summed E-state index contributed by atoms with van der Waals surface area (Å²) < 4.78 is 1.86. The van der Waals surface area contributed by atoms with E-state index in [4.69, 9.17) is 0 Å². The molecule has 0 bridgehead atoms. The minimum absolute atomic E-state index is 0.371. The summed E-state index contributed by atoms with van der Waals surface area (Å²) in [6, 6.07) is 0. The Kier molecular flexibility index (Phi) is 2.59. The molecule has 2 rings (SSSR count). The van der Waals surface area contributed by atoms with Gasteiger partial charge in [-0.25, -0.2) is 0 Å². The van der Waals surface area contributed by atoms with E-state index in [1.807, 2.05) is 17.9 Å². The highest BCUT2D eigenvalue weighted by Crippen LogP contribution is 2.29. The summed E-state index contributed by atoms with van der Waals surface area (Å²) >= 11 is 0. The molecule has 0 saturated heterocycles. The fourth-order valence-electron chi connectivity index (χ4n) is 2.21. The maximum atomic E-state index is 4.16. The highest BCUT2D eigenvalue weighted by Gasteiger charge is 2.27. The number of nitrogens with zero attached hydrogens (tertiary/aromatic N) is 2. The Morgan fingerprint density at radius 2 is 2.21 bits per heavy atom. The van der Waals surface area contributed by atoms with Crippen LogP contribution in [0.15, 0.2) is 12.4 Å². The van der Waals surface area contributed by atoms with Gasteiger partial charge in [0.15, 0.2) is 0 Å². The van der Waals surface area contributed by atoms with Crippen molar-refractivity contribution in [3.8, 4) is 0 Å². The minimum atomic E-state index is 0.371. The highest BCUT2D eigenvalue weighted by molar-refractivity contribution is 5.04. The van der Waals surface area contributed by atoms with Gasteiger partial charge in [-0.05, 0) is 19.8 Å². The third-order valence-electron chi connectivity index (χ3n) is 3.18. The molecule has 0 spiro atoms. The van der Waals surface area contributed by atoms with Gasteiger partial charge in [0, 0.05) is 30.9 Å². The minimum Gasteiger partial charge on any atom is -0.307 e. The van der Waals surface area contributed by atoms with Crippen LogP contribution in [0.2, 0.25) is 0 Å². The molecule has 1 fully saturated rings. The van der Waals surface area contributed by atoms with Gasteiger partial charge in [-0.3, -0.25) is 4.68 Å². The summed E-state index contributed by atoms with van der Waals surface area (Å²) in [6.45, 7) is 3.28. The van der Waals surface area contributed by atoms with Crippen LogP contribution in [-0.2, 0) is 13.6 Å². The van der Waals surface area contributed by atoms with Crippen LogP contribution >= 0.6 is 0 Å². The topological polar surface area (TPSA) is 29.9 Å². The molecule has 0 radical (unpaired) electrons. The van der Waals surface area contributed by atoms with Crippen molar-refractivity contribution in [2.24, 2.45) is 7.05 Å². The van der Waals surface area contributed by atoms with E-state index in [0.717, 1.165) is 6.54 Å². The fraction of sp³-hybridized carbons (Fsp3) is 0.727. The number of nitrogens with one attached hydrogen (secondary N) is 1. The predicted molar refractivity (Wildman–Crippen MR) is 56.9 cm³/mol. The van der Waals surface area contributed by atoms with Crippen molar-refractivity contribution in [1.29, 1.82) is 0 Å². The van der Waals surface area contributed by atoms with Crippen molar-refractivity contribution in [2.75, 3.05) is 0 Å². The molecule has 78 valence electrons. The molecule has 3 heteroatoms. The number of aromatic nitrogens is 2. The third-order valence-corrected chi connectivity index (χ3v) is 3.18. The lowest BCUT2D eigenvalue weighted by atomic mass is 10.0. The van der Waals surface area contributed by atoms with E-state index in [1.54, 1.807) is 0 Å². The Morgan fingerprint density at radius 1 is 1.50 bits per heavy atom. The molecular weight excluding hydrogens is 174 g/mol. The molecule has 1 aromatic rings. The van der Waals surface area contributed by atoms with E-state index in [1.165, 1.54) is 31.2 Å². The van der Waals surface area contributed by atoms with Crippen molar-refractivity contribution in [3.05, 3.63) is 18.0 Å². The Bertz CT molecular complexity index is 297. The molecule has 1 heterocycles. The molecule has 1 aromatic heterocycles. The second kappa shape index (κ2) is 3.73. The van der Waals surface area contributed by atoms with E-state index in [0.29, 0.717) is 5.54 Å². The van der Waals surface area contributed by atoms with Crippen molar-refractivity contribution in [1.82, 2.24) is 15.1 Å². The van der Waals surface area contributed by atoms with E-state index in [-0.39, 0.29) is 0 Å². The van der Waals surface area contributed by atoms with Gasteiger partial charge < -0.3 is 5.32 Å². The van der Waals surface area contributed by atoms with E-state index in [2.05, 4.69) is 23.5 Å². The van der Waals surface area contributed by atoms with Crippen LogP contribution in [0.5, 0.6) is 0 Å². The maximum absolute atomic E-state index is 4.16. The van der Waals surface area contributed by atoms with Gasteiger partial charge in [0.2, 0.25) is 0 Å². The van der Waals surface area contributed by atoms with Gasteiger partial charge >= 0.3 is 0 Å². The molecule has 1 saturated carbocycles. The van der Waals surface area contributed by atoms with Gasteiger partial charge in [-0.1, -0.05) is 12.8 Å². The van der Waals surface area contributed by atoms with Crippen molar-refractivity contribution in [2.45, 2.75) is 44.7 Å². The van der Waals surface area contributed by atoms with E-state index < -0.39 is 0 Å². The monoisotopic (exact) mass is 193 g/mol. The summed E-state index contributed by atoms with van der Waals surface area (Å²) in [4.78, 5) is 0. The third kappa shape index (κ3) is 2.15. The molecule has 1 aliphatic carbocycles. The van der Waals surface area contributed by atoms with Crippen molar-refractivity contribution < 1.29 is 0 Å². The summed E-state index contributed by atoms with van der Waals surface area (Å²) in [6.07, 6.45) is 9.38. The van der Waals surface area contributed by atoms with Gasteiger partial charge in [-0.15, -0.1) is 0 Å². The lowest BCUT2D eigenvalue weighted by molar-refractivity contribution is 0.362. The van der Waals surface area contributed by atoms with E-state index in [9.17, 15) is 0 Å². The molecule has 0 unspecified atom stereocenters. The molecule has 14 heavy (non-hydrogen) atoms. The fourth-order valence-corrected chi connectivity index (χ4v) is 2.21. The molecule has 0 aliphatic heterocycles. The predicted octanol–water partition coefficient (Wildman–Crippen LogP) is 1.84. The van der Waals surface area contributed by atoms with Crippen LogP contribution < -0.4 is 5.32 Å². The second-order valence-electron chi connectivity index (χ2n) is 4.64. The first-order valence-corrected chi connectivity index (χ1v) is 5.41. The first kappa shape index (κ1) is 9.71. The van der Waals surface area contributed by atoms with Crippen LogP contribution in [0, 0.1) is 0 Å². The molecule has 1 N–H and O–H groups in total. The number of hydrogen-bond acceptors (Lipinski definition) is 2. The zero-order valence-corrected chi connectivity index (χ0v) is 9.08. The number of hydrogen-bond donors (Lipinski definition) is 1. The summed E-state index contributed by atoms with van der Waals surface area (Å²) in [7, 11) is 1.96. The standard InChI is InChI=1S/C11H19N3/c1-11(5-3-4-6-11)12-7-10-8-13-14(2)9-10/h8-9,12H,3-7H2,1-2H3. The van der Waals surface area contributed by atoms with Gasteiger partial charge in [-0.2, -0.15) is 5.10 Å². The molecule has 1 aliphatic rings. The SMILES string of the molecule is Cn1cc(CNC2(C)CCCC2)cn1. The van der Waals surface area contributed by atoms with E-state index >= 15 is 0 Å². The van der Waals surface area contributed by atoms with Gasteiger partial charge in [0.05, 0.1) is 6.20 Å². The highest BCUT2D eigenvalue weighted by atomic mass is 15.2. The normalized spacial score (nSPS) is 20.1. The average Bonchev–Trinajstić information content (AvgIpc) is 2.73. The Labute approximate surface area is 85.5 Å². The van der Waals surface area contributed by atoms with Gasteiger partial charge in [0.1, 0.15) is 0 Å². The zero-order valence-electron chi connectivity index (χ0n) is 9.08. The number of aryl methyl sites for hydroxylation is 1. The zero-order chi connectivity index (χ0) is 10.0. The summed E-state index contributed by atoms with van der Waals surface area (Å²) in [5.74, 6) is 0. The molecule has 0 aromatic carbocycles. The molecule has 3 nitrogen and oxygen atoms in total. The van der Waals surface area contributed by atoms with Crippen LogP contribution in [-0.4, -0.2) is 15.3 Å². The smallest absolute Gasteiger partial charge is 0.0534 e.